The van der Waals surface area contributed by atoms with Crippen molar-refractivity contribution < 1.29 is 57.3 Å². The van der Waals surface area contributed by atoms with Gasteiger partial charge in [0.15, 0.2) is 0 Å². The Balaban J connectivity index is 0.000000144. The normalized spacial score (nSPS) is 25.2. The number of amides is 8. The van der Waals surface area contributed by atoms with Crippen LogP contribution in [-0.4, -0.2) is 167 Å². The van der Waals surface area contributed by atoms with Crippen LogP contribution >= 0.6 is 34.8 Å². The second-order valence-electron chi connectivity index (χ2n) is 45.9. The average molecular weight is 1910 g/mol. The van der Waals surface area contributed by atoms with Crippen molar-refractivity contribution in [3.8, 4) is 0 Å². The van der Waals surface area contributed by atoms with Gasteiger partial charge in [0.2, 0.25) is 23.6 Å². The topological polar surface area (TPSA) is 235 Å². The van der Waals surface area contributed by atoms with E-state index >= 15 is 0 Å². The first kappa shape index (κ1) is 103. The highest BCUT2D eigenvalue weighted by molar-refractivity contribution is 6.31. The van der Waals surface area contributed by atoms with Crippen molar-refractivity contribution in [3.63, 3.8) is 0 Å². The number of hydrogen-bond acceptors (Lipinski definition) is 12. The molecule has 4 atom stereocenters. The Labute approximate surface area is 820 Å². The van der Waals surface area contributed by atoms with E-state index in [4.69, 9.17) is 53.8 Å². The smallest absolute Gasteiger partial charge is 0.407 e. The molecule has 5 saturated carbocycles. The van der Waals surface area contributed by atoms with Crippen LogP contribution in [0.15, 0.2) is 95.1 Å². The van der Waals surface area contributed by atoms with Crippen LogP contribution in [0.2, 0.25) is 15.1 Å². The van der Waals surface area contributed by atoms with Gasteiger partial charge in [-0.2, -0.15) is 0 Å². The number of carbonyl (C=O) groups is 8. The number of ether oxygens (including phenoxy) is 4. The average Bonchev–Trinajstić information content (AvgIpc) is 1.61. The van der Waals surface area contributed by atoms with Gasteiger partial charge in [0.25, 0.3) is 0 Å². The Morgan fingerprint density at radius 1 is 0.348 bits per heavy atom. The molecule has 17 rings (SSSR count). The van der Waals surface area contributed by atoms with Gasteiger partial charge in [-0.25, -0.2) is 19.2 Å². The molecule has 9 aliphatic carbocycles. The molecule has 135 heavy (non-hydrogen) atoms. The van der Waals surface area contributed by atoms with Crippen LogP contribution < -0.4 is 21.3 Å². The number of alkyl carbamates (subject to hydrolysis) is 4. The summed E-state index contributed by atoms with van der Waals surface area (Å²) in [4.78, 5) is 111. The highest BCUT2D eigenvalue weighted by Crippen LogP contribution is 2.52. The molecule has 4 aromatic carbocycles. The number of nitrogens with one attached hydrogen (secondary N) is 4. The minimum absolute atomic E-state index is 0.0828. The first-order valence-corrected chi connectivity index (χ1v) is 52.5. The van der Waals surface area contributed by atoms with Crippen molar-refractivity contribution in [3.05, 3.63) is 160 Å². The van der Waals surface area contributed by atoms with Crippen LogP contribution in [0.1, 0.15) is 315 Å². The molecular formula is C112H155Cl3N8O12. The SMILES string of the molecule is CC(C)(C)OC(=O)NCC1CCC(C(=O)N2CCC3=C(Cc4cc(Cl)ccc43)C2C2CC2)CC1.CC(C)C1C2=C(CCN1C(=O)C1CCC(CNC(=O)OC(C)(C)C)CC1)c1ccc(Cl)cc1C2.CCC1C2=C(CCN1C(=O)C1CCC(CNC(=O)OC(C)(C)C)CC1)c1ccc(Cl)cc1C2.Cc1ccc2c(c1)CC1=C2CCN(C(=O)C2CCC(CNC(=O)OC(C)(C)C)CC2)C1C(C)C. The Hall–Kier alpha value is -8.33. The van der Waals surface area contributed by atoms with Gasteiger partial charge >= 0.3 is 24.4 Å². The fourth-order valence-corrected chi connectivity index (χ4v) is 24.8. The zero-order chi connectivity index (χ0) is 97.0. The van der Waals surface area contributed by atoms with E-state index in [0.29, 0.717) is 91.2 Å². The van der Waals surface area contributed by atoms with Crippen LogP contribution in [0.25, 0.3) is 22.3 Å². The molecule has 4 aromatic rings. The number of nitrogens with zero attached hydrogens (tertiary/aromatic N) is 4. The van der Waals surface area contributed by atoms with Gasteiger partial charge in [0, 0.05) is 91.1 Å². The summed E-state index contributed by atoms with van der Waals surface area (Å²) in [6, 6.07) is 26.4. The van der Waals surface area contributed by atoms with E-state index in [0.717, 1.165) is 202 Å². The third-order valence-electron chi connectivity index (χ3n) is 30.5. The van der Waals surface area contributed by atoms with Crippen LogP contribution in [0.5, 0.6) is 0 Å². The molecule has 4 N–H and O–H groups in total. The van der Waals surface area contributed by atoms with Crippen LogP contribution in [-0.2, 0) is 63.8 Å². The molecule has 4 heterocycles. The van der Waals surface area contributed by atoms with Crippen molar-refractivity contribution >= 4 is 105 Å². The summed E-state index contributed by atoms with van der Waals surface area (Å²) >= 11 is 18.8. The summed E-state index contributed by atoms with van der Waals surface area (Å²) in [7, 11) is 0. The molecule has 0 bridgehead atoms. The number of rotatable bonds is 16. The zero-order valence-electron chi connectivity index (χ0n) is 84.2. The van der Waals surface area contributed by atoms with Crippen molar-refractivity contribution in [2.75, 3.05) is 52.4 Å². The van der Waals surface area contributed by atoms with Crippen LogP contribution in [0.3, 0.4) is 0 Å². The van der Waals surface area contributed by atoms with Gasteiger partial charge < -0.3 is 59.8 Å². The summed E-state index contributed by atoms with van der Waals surface area (Å²) < 4.78 is 21.4. The molecule has 23 heteroatoms. The lowest BCUT2D eigenvalue weighted by Gasteiger charge is -2.42. The predicted molar refractivity (Wildman–Crippen MR) is 540 cm³/mol. The van der Waals surface area contributed by atoms with Gasteiger partial charge in [-0.3, -0.25) is 19.2 Å². The van der Waals surface area contributed by atoms with E-state index in [1.165, 1.54) is 107 Å². The Morgan fingerprint density at radius 3 is 0.926 bits per heavy atom. The Kier molecular flexibility index (Phi) is 33.1. The van der Waals surface area contributed by atoms with E-state index < -0.39 is 22.4 Å². The number of aryl methyl sites for hydroxylation is 1. The summed E-state index contributed by atoms with van der Waals surface area (Å²) in [6.07, 6.45) is 24.5. The first-order chi connectivity index (χ1) is 63.9. The molecule has 0 saturated heterocycles. The molecule has 736 valence electrons. The molecule has 4 aliphatic heterocycles. The fourth-order valence-electron chi connectivity index (χ4n) is 24.2. The number of halogens is 3. The molecule has 0 radical (unpaired) electrons. The van der Waals surface area contributed by atoms with Gasteiger partial charge in [-0.15, -0.1) is 0 Å². The van der Waals surface area contributed by atoms with E-state index in [1.807, 2.05) is 101 Å². The second-order valence-corrected chi connectivity index (χ2v) is 47.2. The summed E-state index contributed by atoms with van der Waals surface area (Å²) in [6.45, 7) is 41.5. The predicted octanol–water partition coefficient (Wildman–Crippen LogP) is 24.1. The lowest BCUT2D eigenvalue weighted by atomic mass is 9.79. The monoisotopic (exact) mass is 1910 g/mol. The minimum atomic E-state index is -0.488. The van der Waals surface area contributed by atoms with Gasteiger partial charge in [-0.1, -0.05) is 111 Å². The maximum atomic E-state index is 13.7. The third kappa shape index (κ3) is 25.9. The maximum Gasteiger partial charge on any atom is 0.407 e. The molecule has 4 unspecified atom stereocenters. The van der Waals surface area contributed by atoms with Gasteiger partial charge in [0.05, 0.1) is 24.2 Å². The quantitative estimate of drug-likeness (QED) is 0.0767. The lowest BCUT2D eigenvalue weighted by Crippen LogP contribution is -2.50. The Bertz CT molecular complexity index is 4770. The molecule has 5 fully saturated rings. The van der Waals surface area contributed by atoms with E-state index in [9.17, 15) is 38.4 Å². The van der Waals surface area contributed by atoms with Gasteiger partial charge in [-0.05, 0) is 430 Å². The number of fused-ring (bicyclic) bond motifs is 8. The van der Waals surface area contributed by atoms with Crippen molar-refractivity contribution in [1.82, 2.24) is 40.9 Å². The second kappa shape index (κ2) is 43.6. The van der Waals surface area contributed by atoms with Crippen molar-refractivity contribution in [2.45, 2.75) is 345 Å². The molecule has 0 spiro atoms. The van der Waals surface area contributed by atoms with Crippen LogP contribution in [0.4, 0.5) is 19.2 Å². The molecular weight excluding hydrogens is 1760 g/mol. The number of benzene rings is 4. The lowest BCUT2D eigenvalue weighted by molar-refractivity contribution is -0.140. The van der Waals surface area contributed by atoms with Crippen molar-refractivity contribution in [1.29, 1.82) is 0 Å². The molecule has 8 amide bonds. The van der Waals surface area contributed by atoms with E-state index in [1.54, 1.807) is 0 Å². The number of carbonyl (C=O) groups excluding carboxylic acids is 8. The molecule has 0 aromatic heterocycles. The highest BCUT2D eigenvalue weighted by atomic mass is 35.5. The largest absolute Gasteiger partial charge is 0.444 e. The van der Waals surface area contributed by atoms with Crippen molar-refractivity contribution in [2.24, 2.45) is 65.1 Å². The van der Waals surface area contributed by atoms with Crippen LogP contribution in [0, 0.1) is 72.0 Å². The summed E-state index contributed by atoms with van der Waals surface area (Å²) in [5.41, 5.74) is 21.8. The third-order valence-corrected chi connectivity index (χ3v) is 31.2. The first-order valence-electron chi connectivity index (χ1n) is 51.3. The highest BCUT2D eigenvalue weighted by Gasteiger charge is 2.49. The summed E-state index contributed by atoms with van der Waals surface area (Å²) in [5, 5.41) is 14.0. The van der Waals surface area contributed by atoms with E-state index in [2.05, 4.69) is 137 Å². The maximum absolute atomic E-state index is 13.7. The molecule has 20 nitrogen and oxygen atoms in total. The van der Waals surface area contributed by atoms with E-state index in [-0.39, 0.29) is 72.2 Å². The standard InChI is InChI=1S/C29H42N2O3.C28H37ClN2O3.C28H39ClN2O3.C27H37ClN2O3/c1-18(2)26-25-16-22-15-19(3)7-12-23(22)24(25)13-14-31(26)27(32)21-10-8-20(9-11-21)17-30-28(33)34-29(4,5)6;1-28(2,3)34-27(33)30-16-17-4-6-19(7-5-17)26(32)31-13-12-23-22-11-10-21(29)14-20(22)15-24(23)25(31)18-8-9-18;1-17(2)25-24-15-20-14-21(29)10-11-22(20)23(24)12-13-31(25)26(32)19-8-6-18(7-9-19)16-30-27(33)34-28(3,4)5;1-5-24-23-15-19-14-20(28)10-11-21(19)22(23)12-13-30(24)25(31)18-8-6-17(7-9-18)16-29-26(32)33-27(2,3)4/h7,12,15,18,20-21,26H,8-11,13-14,16-17H2,1-6H3,(H,30,33);10-11,14,17-19,25H,4-9,12-13,15-16H2,1-3H3,(H,30,33);10-11,14,17-19,25H,6-9,12-13,15-16H2,1-5H3,(H,30,33);10-11,14,17-18,24H,5-9,12-13,15-16H2,1-4H3,(H,29,32). The fraction of sp³-hybridized carbons (Fsp3) is 0.643. The zero-order valence-corrected chi connectivity index (χ0v) is 86.4. The molecule has 13 aliphatic rings. The minimum Gasteiger partial charge on any atom is -0.444 e. The number of hydrogen-bond donors (Lipinski definition) is 4. The van der Waals surface area contributed by atoms with Gasteiger partial charge in [0.1, 0.15) is 22.4 Å². The Morgan fingerprint density at radius 2 is 0.615 bits per heavy atom. The summed E-state index contributed by atoms with van der Waals surface area (Å²) in [5.74, 6) is 4.77.